The zero-order valence-corrected chi connectivity index (χ0v) is 17.5. The number of para-hydroxylation sites is 1. The second-order valence-corrected chi connectivity index (χ2v) is 8.47. The van der Waals surface area contributed by atoms with E-state index >= 15 is 0 Å². The summed E-state index contributed by atoms with van der Waals surface area (Å²) < 4.78 is 15.8. The zero-order valence-electron chi connectivity index (χ0n) is 17.5. The predicted octanol–water partition coefficient (Wildman–Crippen LogP) is 5.30. The van der Waals surface area contributed by atoms with Crippen LogP contribution in [0.25, 0.3) is 21.8 Å². The Morgan fingerprint density at radius 1 is 1.07 bits per heavy atom. The lowest BCUT2D eigenvalue weighted by molar-refractivity contribution is 0.510. The largest absolute Gasteiger partial charge is 0.367 e. The standard InChI is InChI=1S/C25H27FN4/c1-16-11-25(29-23-10-7-18(26)13-22(16)23)28-20-9-8-19(14-20)27-15-21-12-17-5-3-4-6-24(17)30(21)2/h3-7,10-13,19-20,27H,8-9,14-15H2,1-2H3,(H,28,29)/t19-,20-/m0/s1. The summed E-state index contributed by atoms with van der Waals surface area (Å²) in [4.78, 5) is 4.69. The molecule has 2 heterocycles. The van der Waals surface area contributed by atoms with Crippen molar-refractivity contribution in [3.8, 4) is 0 Å². The molecule has 0 saturated heterocycles. The van der Waals surface area contributed by atoms with E-state index in [0.29, 0.717) is 12.1 Å². The van der Waals surface area contributed by atoms with Crippen LogP contribution in [0.1, 0.15) is 30.5 Å². The Labute approximate surface area is 176 Å². The lowest BCUT2D eigenvalue weighted by Gasteiger charge is -2.16. The number of anilines is 1. The fourth-order valence-electron chi connectivity index (χ4n) is 4.71. The van der Waals surface area contributed by atoms with Gasteiger partial charge in [-0.15, -0.1) is 0 Å². The first-order chi connectivity index (χ1) is 14.6. The maximum atomic E-state index is 13.5. The Morgan fingerprint density at radius 2 is 1.90 bits per heavy atom. The summed E-state index contributed by atoms with van der Waals surface area (Å²) in [6.45, 7) is 2.89. The molecule has 0 amide bonds. The van der Waals surface area contributed by atoms with E-state index < -0.39 is 0 Å². The van der Waals surface area contributed by atoms with E-state index in [1.165, 1.54) is 22.7 Å². The fourth-order valence-corrected chi connectivity index (χ4v) is 4.71. The van der Waals surface area contributed by atoms with E-state index in [9.17, 15) is 4.39 Å². The molecule has 30 heavy (non-hydrogen) atoms. The van der Waals surface area contributed by atoms with Gasteiger partial charge >= 0.3 is 0 Å². The van der Waals surface area contributed by atoms with Crippen molar-refractivity contribution >= 4 is 27.6 Å². The SMILES string of the molecule is Cc1cc(N[C@H]2CC[C@H](NCc3cc4ccccc4n3C)C2)nc2ccc(F)cc12. The first kappa shape index (κ1) is 19.1. The van der Waals surface area contributed by atoms with Crippen molar-refractivity contribution in [1.29, 1.82) is 0 Å². The van der Waals surface area contributed by atoms with Crippen LogP contribution in [0.15, 0.2) is 54.6 Å². The maximum absolute atomic E-state index is 13.5. The molecule has 2 aromatic carbocycles. The van der Waals surface area contributed by atoms with Crippen molar-refractivity contribution in [2.45, 2.75) is 44.8 Å². The third kappa shape index (κ3) is 3.65. The van der Waals surface area contributed by atoms with Gasteiger partial charge in [-0.05, 0) is 73.5 Å². The number of rotatable bonds is 5. The molecule has 0 radical (unpaired) electrons. The summed E-state index contributed by atoms with van der Waals surface area (Å²) in [7, 11) is 2.14. The van der Waals surface area contributed by atoms with Gasteiger partial charge in [0.05, 0.1) is 5.52 Å². The van der Waals surface area contributed by atoms with Crippen LogP contribution in [-0.4, -0.2) is 21.6 Å². The molecule has 4 nitrogen and oxygen atoms in total. The summed E-state index contributed by atoms with van der Waals surface area (Å²) in [6.07, 6.45) is 3.35. The van der Waals surface area contributed by atoms with E-state index in [-0.39, 0.29) is 5.82 Å². The number of benzene rings is 2. The second-order valence-electron chi connectivity index (χ2n) is 8.47. The van der Waals surface area contributed by atoms with Gasteiger partial charge in [0.1, 0.15) is 11.6 Å². The summed E-state index contributed by atoms with van der Waals surface area (Å²) in [6, 6.07) is 18.5. The molecule has 2 N–H and O–H groups in total. The number of nitrogens with zero attached hydrogens (tertiary/aromatic N) is 2. The molecule has 154 valence electrons. The van der Waals surface area contributed by atoms with E-state index in [1.54, 1.807) is 12.1 Å². The number of pyridine rings is 1. The highest BCUT2D eigenvalue weighted by molar-refractivity contribution is 5.84. The van der Waals surface area contributed by atoms with Gasteiger partial charge in [-0.2, -0.15) is 0 Å². The lowest BCUT2D eigenvalue weighted by Crippen LogP contribution is -2.28. The molecule has 1 saturated carbocycles. The summed E-state index contributed by atoms with van der Waals surface area (Å²) >= 11 is 0. The minimum Gasteiger partial charge on any atom is -0.367 e. The summed E-state index contributed by atoms with van der Waals surface area (Å²) in [5.41, 5.74) is 4.47. The second kappa shape index (κ2) is 7.73. The molecule has 0 bridgehead atoms. The van der Waals surface area contributed by atoms with Crippen LogP contribution < -0.4 is 10.6 Å². The van der Waals surface area contributed by atoms with Gasteiger partial charge in [0, 0.05) is 42.3 Å². The molecule has 5 heteroatoms. The molecule has 1 aliphatic carbocycles. The molecule has 0 aliphatic heterocycles. The Hall–Kier alpha value is -2.92. The number of nitrogens with one attached hydrogen (secondary N) is 2. The molecule has 0 unspecified atom stereocenters. The van der Waals surface area contributed by atoms with Crippen LogP contribution in [0, 0.1) is 12.7 Å². The Morgan fingerprint density at radius 3 is 2.77 bits per heavy atom. The smallest absolute Gasteiger partial charge is 0.127 e. The third-order valence-electron chi connectivity index (χ3n) is 6.39. The number of aromatic nitrogens is 2. The average Bonchev–Trinajstić information content (AvgIpc) is 3.31. The van der Waals surface area contributed by atoms with Crippen LogP contribution >= 0.6 is 0 Å². The van der Waals surface area contributed by atoms with Crippen molar-refractivity contribution in [2.24, 2.45) is 7.05 Å². The Bertz CT molecular complexity index is 1210. The number of hydrogen-bond acceptors (Lipinski definition) is 3. The van der Waals surface area contributed by atoms with Crippen LogP contribution in [0.3, 0.4) is 0 Å². The van der Waals surface area contributed by atoms with E-state index in [2.05, 4.69) is 52.6 Å². The van der Waals surface area contributed by atoms with Crippen LogP contribution in [0.5, 0.6) is 0 Å². The van der Waals surface area contributed by atoms with Gasteiger partial charge in [0.25, 0.3) is 0 Å². The number of fused-ring (bicyclic) bond motifs is 2. The van der Waals surface area contributed by atoms with Gasteiger partial charge < -0.3 is 15.2 Å². The number of halogens is 1. The quantitative estimate of drug-likeness (QED) is 0.476. The minimum atomic E-state index is -0.219. The van der Waals surface area contributed by atoms with Gasteiger partial charge in [-0.3, -0.25) is 0 Å². The highest BCUT2D eigenvalue weighted by atomic mass is 19.1. The number of aryl methyl sites for hydroxylation is 2. The van der Waals surface area contributed by atoms with Crippen molar-refractivity contribution < 1.29 is 4.39 Å². The van der Waals surface area contributed by atoms with Crippen molar-refractivity contribution in [2.75, 3.05) is 5.32 Å². The molecule has 1 fully saturated rings. The van der Waals surface area contributed by atoms with Crippen molar-refractivity contribution in [3.63, 3.8) is 0 Å². The highest BCUT2D eigenvalue weighted by Gasteiger charge is 2.25. The van der Waals surface area contributed by atoms with Crippen LogP contribution in [0.4, 0.5) is 10.2 Å². The van der Waals surface area contributed by atoms with Gasteiger partial charge in [-0.1, -0.05) is 18.2 Å². The molecule has 2 atom stereocenters. The molecule has 2 aromatic heterocycles. The van der Waals surface area contributed by atoms with Crippen molar-refractivity contribution in [1.82, 2.24) is 14.9 Å². The molecule has 5 rings (SSSR count). The Kier molecular flexibility index (Phi) is 4.91. The van der Waals surface area contributed by atoms with Crippen molar-refractivity contribution in [3.05, 3.63) is 71.7 Å². The number of hydrogen-bond donors (Lipinski definition) is 2. The van der Waals surface area contributed by atoms with Crippen LogP contribution in [0.2, 0.25) is 0 Å². The zero-order chi connectivity index (χ0) is 20.7. The lowest BCUT2D eigenvalue weighted by atomic mass is 10.1. The normalized spacial score (nSPS) is 19.0. The van der Waals surface area contributed by atoms with Gasteiger partial charge in [0.2, 0.25) is 0 Å². The van der Waals surface area contributed by atoms with E-state index in [1.807, 2.05) is 13.0 Å². The Balaban J connectivity index is 1.22. The maximum Gasteiger partial charge on any atom is 0.127 e. The first-order valence-corrected chi connectivity index (χ1v) is 10.7. The first-order valence-electron chi connectivity index (χ1n) is 10.7. The highest BCUT2D eigenvalue weighted by Crippen LogP contribution is 2.26. The topological polar surface area (TPSA) is 41.9 Å². The van der Waals surface area contributed by atoms with Gasteiger partial charge in [-0.25, -0.2) is 9.37 Å². The molecular weight excluding hydrogens is 375 g/mol. The molecule has 4 aromatic rings. The molecular formula is C25H27FN4. The fraction of sp³-hybridized carbons (Fsp3) is 0.320. The summed E-state index contributed by atoms with van der Waals surface area (Å²) in [5.74, 6) is 0.662. The van der Waals surface area contributed by atoms with E-state index in [4.69, 9.17) is 4.98 Å². The predicted molar refractivity (Wildman–Crippen MR) is 121 cm³/mol. The molecule has 1 aliphatic rings. The average molecular weight is 403 g/mol. The van der Waals surface area contributed by atoms with E-state index in [0.717, 1.165) is 48.1 Å². The molecule has 0 spiro atoms. The monoisotopic (exact) mass is 402 g/mol. The van der Waals surface area contributed by atoms with Crippen LogP contribution in [-0.2, 0) is 13.6 Å². The third-order valence-corrected chi connectivity index (χ3v) is 6.39. The minimum absolute atomic E-state index is 0.219. The van der Waals surface area contributed by atoms with Gasteiger partial charge in [0.15, 0.2) is 0 Å². The summed E-state index contributed by atoms with van der Waals surface area (Å²) in [5, 5.41) is 9.51.